The van der Waals surface area contributed by atoms with Gasteiger partial charge < -0.3 is 10.4 Å². The van der Waals surface area contributed by atoms with Crippen molar-refractivity contribution in [3.8, 4) is 11.4 Å². The number of rotatable bonds is 4. The molecule has 5 nitrogen and oxygen atoms in total. The Morgan fingerprint density at radius 1 is 1.09 bits per heavy atom. The molecule has 5 heteroatoms. The minimum Gasteiger partial charge on any atom is -0.506 e. The van der Waals surface area contributed by atoms with Crippen molar-refractivity contribution in [1.82, 2.24) is 9.78 Å². The molecule has 3 aromatic rings. The molecule has 0 aliphatic rings. The van der Waals surface area contributed by atoms with E-state index in [0.29, 0.717) is 5.69 Å². The SMILES string of the molecule is O=C(Cc1ccc(-n2cccn2)cc1)Nc1ccccc1O. The zero-order chi connectivity index (χ0) is 15.4. The number of carbonyl (C=O) groups is 1. The van der Waals surface area contributed by atoms with E-state index in [0.717, 1.165) is 11.3 Å². The zero-order valence-electron chi connectivity index (χ0n) is 11.8. The Balaban J connectivity index is 1.66. The van der Waals surface area contributed by atoms with Crippen molar-refractivity contribution in [3.05, 3.63) is 72.6 Å². The predicted octanol–water partition coefficient (Wildman–Crippen LogP) is 2.76. The van der Waals surface area contributed by atoms with E-state index in [1.54, 1.807) is 29.1 Å². The lowest BCUT2D eigenvalue weighted by molar-refractivity contribution is -0.115. The summed E-state index contributed by atoms with van der Waals surface area (Å²) in [4.78, 5) is 12.0. The minimum atomic E-state index is -0.173. The summed E-state index contributed by atoms with van der Waals surface area (Å²) < 4.78 is 1.76. The lowest BCUT2D eigenvalue weighted by atomic mass is 10.1. The number of phenolic OH excluding ortho intramolecular Hbond substituents is 1. The molecule has 0 aliphatic carbocycles. The van der Waals surface area contributed by atoms with Crippen LogP contribution in [0.2, 0.25) is 0 Å². The minimum absolute atomic E-state index is 0.0601. The molecule has 110 valence electrons. The van der Waals surface area contributed by atoms with Crippen LogP contribution in [0.1, 0.15) is 5.56 Å². The van der Waals surface area contributed by atoms with E-state index >= 15 is 0 Å². The molecule has 0 aliphatic heterocycles. The lowest BCUT2D eigenvalue weighted by Gasteiger charge is -2.07. The molecular formula is C17H15N3O2. The van der Waals surface area contributed by atoms with Crippen molar-refractivity contribution >= 4 is 11.6 Å². The molecule has 0 radical (unpaired) electrons. The van der Waals surface area contributed by atoms with E-state index in [1.165, 1.54) is 6.07 Å². The Labute approximate surface area is 127 Å². The van der Waals surface area contributed by atoms with Crippen molar-refractivity contribution in [1.29, 1.82) is 0 Å². The molecule has 1 heterocycles. The summed E-state index contributed by atoms with van der Waals surface area (Å²) in [6.07, 6.45) is 3.82. The Morgan fingerprint density at radius 3 is 2.55 bits per heavy atom. The Kier molecular flexibility index (Phi) is 3.87. The third kappa shape index (κ3) is 3.15. The van der Waals surface area contributed by atoms with E-state index in [9.17, 15) is 9.90 Å². The molecule has 1 aromatic heterocycles. The van der Waals surface area contributed by atoms with Crippen LogP contribution in [-0.2, 0) is 11.2 Å². The molecule has 0 unspecified atom stereocenters. The second-order valence-electron chi connectivity index (χ2n) is 4.86. The third-order valence-corrected chi connectivity index (χ3v) is 3.25. The first-order valence-corrected chi connectivity index (χ1v) is 6.89. The molecule has 0 saturated heterocycles. The molecule has 1 amide bonds. The van der Waals surface area contributed by atoms with Gasteiger partial charge in [-0.15, -0.1) is 0 Å². The standard InChI is InChI=1S/C17H15N3O2/c21-16-5-2-1-4-15(16)19-17(22)12-13-6-8-14(9-7-13)20-11-3-10-18-20/h1-11,21H,12H2,(H,19,22). The summed E-state index contributed by atoms with van der Waals surface area (Å²) in [6.45, 7) is 0. The first kappa shape index (κ1) is 13.9. The average molecular weight is 293 g/mol. The summed E-state index contributed by atoms with van der Waals surface area (Å²) in [7, 11) is 0. The molecule has 0 atom stereocenters. The molecule has 2 aromatic carbocycles. The van der Waals surface area contributed by atoms with Gasteiger partial charge in [0.15, 0.2) is 0 Å². The van der Waals surface area contributed by atoms with Gasteiger partial charge in [-0.3, -0.25) is 4.79 Å². The Bertz CT molecular complexity index is 765. The monoisotopic (exact) mass is 293 g/mol. The first-order chi connectivity index (χ1) is 10.7. The van der Waals surface area contributed by atoms with Crippen LogP contribution >= 0.6 is 0 Å². The Hall–Kier alpha value is -3.08. The molecule has 22 heavy (non-hydrogen) atoms. The van der Waals surface area contributed by atoms with E-state index in [4.69, 9.17) is 0 Å². The van der Waals surface area contributed by atoms with Crippen LogP contribution in [0.3, 0.4) is 0 Å². The van der Waals surface area contributed by atoms with Gasteiger partial charge in [0.05, 0.1) is 17.8 Å². The van der Waals surface area contributed by atoms with Crippen LogP contribution < -0.4 is 5.32 Å². The number of anilines is 1. The van der Waals surface area contributed by atoms with Gasteiger partial charge in [-0.25, -0.2) is 4.68 Å². The largest absolute Gasteiger partial charge is 0.506 e. The van der Waals surface area contributed by atoms with Gasteiger partial charge in [-0.2, -0.15) is 5.10 Å². The van der Waals surface area contributed by atoms with Gasteiger partial charge in [0.2, 0.25) is 5.91 Å². The number of nitrogens with zero attached hydrogens (tertiary/aromatic N) is 2. The molecule has 0 fully saturated rings. The van der Waals surface area contributed by atoms with Crippen LogP contribution in [-0.4, -0.2) is 20.8 Å². The molecule has 0 bridgehead atoms. The van der Waals surface area contributed by atoms with Gasteiger partial charge >= 0.3 is 0 Å². The molecular weight excluding hydrogens is 278 g/mol. The average Bonchev–Trinajstić information content (AvgIpc) is 3.05. The van der Waals surface area contributed by atoms with Crippen molar-refractivity contribution in [2.24, 2.45) is 0 Å². The maximum Gasteiger partial charge on any atom is 0.228 e. The van der Waals surface area contributed by atoms with Gasteiger partial charge in [0.25, 0.3) is 0 Å². The number of amides is 1. The number of benzene rings is 2. The number of carbonyl (C=O) groups excluding carboxylic acids is 1. The summed E-state index contributed by atoms with van der Waals surface area (Å²) in [5.41, 5.74) is 2.25. The second-order valence-corrected chi connectivity index (χ2v) is 4.86. The quantitative estimate of drug-likeness (QED) is 0.727. The highest BCUT2D eigenvalue weighted by Crippen LogP contribution is 2.21. The summed E-state index contributed by atoms with van der Waals surface area (Å²) in [5, 5.41) is 16.5. The normalized spacial score (nSPS) is 10.4. The first-order valence-electron chi connectivity index (χ1n) is 6.89. The van der Waals surface area contributed by atoms with Crippen LogP contribution in [0, 0.1) is 0 Å². The fourth-order valence-electron chi connectivity index (χ4n) is 2.15. The van der Waals surface area contributed by atoms with Crippen molar-refractivity contribution < 1.29 is 9.90 Å². The molecule has 2 N–H and O–H groups in total. The molecule has 0 saturated carbocycles. The molecule has 3 rings (SSSR count). The zero-order valence-corrected chi connectivity index (χ0v) is 11.8. The van der Waals surface area contributed by atoms with Gasteiger partial charge in [0.1, 0.15) is 5.75 Å². The third-order valence-electron chi connectivity index (χ3n) is 3.25. The van der Waals surface area contributed by atoms with Crippen LogP contribution in [0.15, 0.2) is 67.0 Å². The highest BCUT2D eigenvalue weighted by Gasteiger charge is 2.07. The highest BCUT2D eigenvalue weighted by atomic mass is 16.3. The molecule has 0 spiro atoms. The number of hydrogen-bond donors (Lipinski definition) is 2. The maximum atomic E-state index is 12.0. The number of aromatic nitrogens is 2. The topological polar surface area (TPSA) is 67.2 Å². The van der Waals surface area contributed by atoms with Crippen molar-refractivity contribution in [3.63, 3.8) is 0 Å². The summed E-state index contributed by atoms with van der Waals surface area (Å²) in [5.74, 6) is -0.113. The van der Waals surface area contributed by atoms with Gasteiger partial charge in [0, 0.05) is 12.4 Å². The summed E-state index contributed by atoms with van der Waals surface area (Å²) in [6, 6.07) is 16.1. The maximum absolute atomic E-state index is 12.0. The number of phenols is 1. The number of aromatic hydroxyl groups is 1. The van der Waals surface area contributed by atoms with Crippen LogP contribution in [0.5, 0.6) is 5.75 Å². The fraction of sp³-hybridized carbons (Fsp3) is 0.0588. The lowest BCUT2D eigenvalue weighted by Crippen LogP contribution is -2.14. The van der Waals surface area contributed by atoms with E-state index in [1.807, 2.05) is 36.5 Å². The van der Waals surface area contributed by atoms with E-state index in [-0.39, 0.29) is 18.1 Å². The predicted molar refractivity (Wildman–Crippen MR) is 84.0 cm³/mol. The van der Waals surface area contributed by atoms with E-state index < -0.39 is 0 Å². The number of nitrogens with one attached hydrogen (secondary N) is 1. The fourth-order valence-corrected chi connectivity index (χ4v) is 2.15. The van der Waals surface area contributed by atoms with Gasteiger partial charge in [-0.05, 0) is 35.9 Å². The van der Waals surface area contributed by atoms with E-state index in [2.05, 4.69) is 10.4 Å². The van der Waals surface area contributed by atoms with Crippen LogP contribution in [0.4, 0.5) is 5.69 Å². The van der Waals surface area contributed by atoms with Gasteiger partial charge in [-0.1, -0.05) is 24.3 Å². The summed E-state index contributed by atoms with van der Waals surface area (Å²) >= 11 is 0. The number of para-hydroxylation sites is 2. The van der Waals surface area contributed by atoms with Crippen LogP contribution in [0.25, 0.3) is 5.69 Å². The number of hydrogen-bond acceptors (Lipinski definition) is 3. The highest BCUT2D eigenvalue weighted by molar-refractivity contribution is 5.93. The van der Waals surface area contributed by atoms with Crippen molar-refractivity contribution in [2.75, 3.05) is 5.32 Å². The smallest absolute Gasteiger partial charge is 0.228 e. The van der Waals surface area contributed by atoms with Crippen molar-refractivity contribution in [2.45, 2.75) is 6.42 Å². The Morgan fingerprint density at radius 2 is 1.86 bits per heavy atom. The second kappa shape index (κ2) is 6.13.